The number of benzene rings is 1. The van der Waals surface area contributed by atoms with Crippen LogP contribution in [-0.2, 0) is 4.74 Å². The van der Waals surface area contributed by atoms with Gasteiger partial charge in [0.25, 0.3) is 0 Å². The van der Waals surface area contributed by atoms with Crippen molar-refractivity contribution >= 4 is 29.0 Å². The zero-order valence-electron chi connectivity index (χ0n) is 9.48. The van der Waals surface area contributed by atoms with Gasteiger partial charge in [-0.05, 0) is 51.2 Å². The first-order valence-electron chi connectivity index (χ1n) is 4.84. The summed E-state index contributed by atoms with van der Waals surface area (Å²) in [4.78, 5) is 15.5. The summed E-state index contributed by atoms with van der Waals surface area (Å²) >= 11 is 4.50. The van der Waals surface area contributed by atoms with E-state index in [1.165, 1.54) is 0 Å². The maximum atomic E-state index is 11.7. The fourth-order valence-electron chi connectivity index (χ4n) is 1.09. The molecule has 0 aliphatic carbocycles. The predicted octanol–water partition coefficient (Wildman–Crippen LogP) is 3.38. The van der Waals surface area contributed by atoms with Gasteiger partial charge in [-0.25, -0.2) is 4.79 Å². The number of carbonyl (C=O) groups is 1. The molecule has 0 saturated heterocycles. The molecule has 0 spiro atoms. The molecule has 16 heavy (non-hydrogen) atoms. The highest BCUT2D eigenvalue weighted by molar-refractivity contribution is 7.78. The Morgan fingerprint density at radius 1 is 1.44 bits per heavy atom. The van der Waals surface area contributed by atoms with Crippen LogP contribution in [0.25, 0.3) is 0 Å². The summed E-state index contributed by atoms with van der Waals surface area (Å²) in [5, 5.41) is 2.25. The van der Waals surface area contributed by atoms with Gasteiger partial charge in [0.1, 0.15) is 5.60 Å². The van der Waals surface area contributed by atoms with Crippen LogP contribution in [0.3, 0.4) is 0 Å². The maximum Gasteiger partial charge on any atom is 0.338 e. The highest BCUT2D eigenvalue weighted by Gasteiger charge is 2.17. The summed E-state index contributed by atoms with van der Waals surface area (Å²) in [6.45, 7) is 5.47. The molecule has 0 bridgehead atoms. The average Bonchev–Trinajstić information content (AvgIpc) is 2.16. The Balaban J connectivity index is 2.92. The van der Waals surface area contributed by atoms with Gasteiger partial charge in [-0.1, -0.05) is 6.07 Å². The van der Waals surface area contributed by atoms with E-state index < -0.39 is 5.60 Å². The Morgan fingerprint density at radius 3 is 2.69 bits per heavy atom. The minimum atomic E-state index is -0.500. The van der Waals surface area contributed by atoms with Gasteiger partial charge in [0.05, 0.1) is 16.4 Å². The normalized spacial score (nSPS) is 10.4. The fraction of sp³-hybridized carbons (Fsp3) is 0.333. The van der Waals surface area contributed by atoms with Crippen LogP contribution in [0.5, 0.6) is 0 Å². The van der Waals surface area contributed by atoms with Crippen molar-refractivity contribution in [2.75, 3.05) is 0 Å². The number of aliphatic imine (C=N–C) groups is 1. The van der Waals surface area contributed by atoms with E-state index in [0.29, 0.717) is 11.3 Å². The Kier molecular flexibility index (Phi) is 3.93. The molecular formula is C12H13NO2S. The minimum absolute atomic E-state index is 0.367. The van der Waals surface area contributed by atoms with E-state index >= 15 is 0 Å². The first-order valence-corrected chi connectivity index (χ1v) is 5.24. The van der Waals surface area contributed by atoms with E-state index in [1.807, 2.05) is 20.8 Å². The molecule has 0 aromatic heterocycles. The van der Waals surface area contributed by atoms with Crippen molar-refractivity contribution in [3.8, 4) is 0 Å². The zero-order chi connectivity index (χ0) is 12.2. The molecule has 0 N–H and O–H groups in total. The number of ether oxygens (including phenoxy) is 1. The standard InChI is InChI=1S/C12H13NO2S/c1-12(2,3)15-11(14)9-5-4-6-10(7-9)13-8-16/h4-7H,1-3H3. The summed E-state index contributed by atoms with van der Waals surface area (Å²) in [7, 11) is 0. The molecule has 3 nitrogen and oxygen atoms in total. The van der Waals surface area contributed by atoms with E-state index in [0.717, 1.165) is 0 Å². The molecule has 4 heteroatoms. The van der Waals surface area contributed by atoms with Gasteiger partial charge in [-0.2, -0.15) is 4.99 Å². The topological polar surface area (TPSA) is 38.7 Å². The molecule has 0 unspecified atom stereocenters. The largest absolute Gasteiger partial charge is 0.456 e. The van der Waals surface area contributed by atoms with E-state index in [1.54, 1.807) is 24.3 Å². The predicted molar refractivity (Wildman–Crippen MR) is 66.3 cm³/mol. The van der Waals surface area contributed by atoms with Crippen molar-refractivity contribution in [3.05, 3.63) is 29.8 Å². The summed E-state index contributed by atoms with van der Waals surface area (Å²) in [6.07, 6.45) is 0. The van der Waals surface area contributed by atoms with Crippen LogP contribution in [0.15, 0.2) is 29.3 Å². The van der Waals surface area contributed by atoms with Gasteiger partial charge < -0.3 is 4.74 Å². The molecule has 0 amide bonds. The number of isothiocyanates is 1. The van der Waals surface area contributed by atoms with Crippen LogP contribution in [0.4, 0.5) is 5.69 Å². The molecule has 0 radical (unpaired) electrons. The highest BCUT2D eigenvalue weighted by Crippen LogP contribution is 2.17. The van der Waals surface area contributed by atoms with Crippen LogP contribution in [0.2, 0.25) is 0 Å². The Bertz CT molecular complexity index is 443. The van der Waals surface area contributed by atoms with E-state index in [-0.39, 0.29) is 5.97 Å². The number of carbonyl (C=O) groups excluding carboxylic acids is 1. The second-order valence-electron chi connectivity index (χ2n) is 4.26. The Morgan fingerprint density at radius 2 is 2.12 bits per heavy atom. The number of hydrogen-bond donors (Lipinski definition) is 0. The molecule has 1 aromatic carbocycles. The molecule has 1 rings (SSSR count). The van der Waals surface area contributed by atoms with Crippen LogP contribution in [0.1, 0.15) is 31.1 Å². The summed E-state index contributed by atoms with van der Waals surface area (Å²) in [6, 6.07) is 6.77. The second kappa shape index (κ2) is 5.01. The SMILES string of the molecule is CC(C)(C)OC(=O)c1cccc(N=C=S)c1. The van der Waals surface area contributed by atoms with Crippen LogP contribution in [-0.4, -0.2) is 16.7 Å². The first kappa shape index (κ1) is 12.6. The quantitative estimate of drug-likeness (QED) is 0.448. The summed E-state index contributed by atoms with van der Waals surface area (Å²) < 4.78 is 5.23. The third-order valence-corrected chi connectivity index (χ3v) is 1.75. The van der Waals surface area contributed by atoms with E-state index in [9.17, 15) is 4.79 Å². The molecule has 0 heterocycles. The van der Waals surface area contributed by atoms with Crippen molar-refractivity contribution in [1.29, 1.82) is 0 Å². The highest BCUT2D eigenvalue weighted by atomic mass is 32.1. The minimum Gasteiger partial charge on any atom is -0.456 e. The number of nitrogens with zero attached hydrogens (tertiary/aromatic N) is 1. The van der Waals surface area contributed by atoms with Crippen molar-refractivity contribution in [3.63, 3.8) is 0 Å². The number of rotatable bonds is 2. The molecule has 0 fully saturated rings. The maximum absolute atomic E-state index is 11.7. The van der Waals surface area contributed by atoms with Gasteiger partial charge in [0.2, 0.25) is 0 Å². The van der Waals surface area contributed by atoms with Crippen molar-refractivity contribution in [1.82, 2.24) is 0 Å². The lowest BCUT2D eigenvalue weighted by Crippen LogP contribution is -2.23. The summed E-state index contributed by atoms with van der Waals surface area (Å²) in [5.41, 5.74) is 0.556. The van der Waals surface area contributed by atoms with Crippen molar-refractivity contribution in [2.45, 2.75) is 26.4 Å². The molecule has 0 atom stereocenters. The van der Waals surface area contributed by atoms with E-state index in [2.05, 4.69) is 22.4 Å². The van der Waals surface area contributed by atoms with Gasteiger partial charge in [0, 0.05) is 0 Å². The average molecular weight is 235 g/mol. The molecule has 0 saturated carbocycles. The lowest BCUT2D eigenvalue weighted by Gasteiger charge is -2.19. The zero-order valence-corrected chi connectivity index (χ0v) is 10.3. The third kappa shape index (κ3) is 3.93. The van der Waals surface area contributed by atoms with Gasteiger partial charge >= 0.3 is 5.97 Å². The Hall–Kier alpha value is -1.51. The van der Waals surface area contributed by atoms with Crippen LogP contribution < -0.4 is 0 Å². The monoisotopic (exact) mass is 235 g/mol. The number of esters is 1. The first-order chi connectivity index (χ1) is 7.42. The molecular weight excluding hydrogens is 222 g/mol. The lowest BCUT2D eigenvalue weighted by atomic mass is 10.1. The third-order valence-electron chi connectivity index (χ3n) is 1.66. The number of hydrogen-bond acceptors (Lipinski definition) is 4. The Labute approximate surface area is 100 Å². The second-order valence-corrected chi connectivity index (χ2v) is 4.44. The van der Waals surface area contributed by atoms with Gasteiger partial charge in [0.15, 0.2) is 0 Å². The lowest BCUT2D eigenvalue weighted by molar-refractivity contribution is 0.00696. The fourth-order valence-corrected chi connectivity index (χ4v) is 1.20. The van der Waals surface area contributed by atoms with Crippen molar-refractivity contribution in [2.24, 2.45) is 4.99 Å². The van der Waals surface area contributed by atoms with Gasteiger partial charge in [-0.15, -0.1) is 0 Å². The molecule has 0 aliphatic heterocycles. The van der Waals surface area contributed by atoms with Crippen molar-refractivity contribution < 1.29 is 9.53 Å². The summed E-state index contributed by atoms with van der Waals surface area (Å²) in [5.74, 6) is -0.367. The molecule has 0 aliphatic rings. The van der Waals surface area contributed by atoms with E-state index in [4.69, 9.17) is 4.74 Å². The smallest absolute Gasteiger partial charge is 0.338 e. The molecule has 84 valence electrons. The van der Waals surface area contributed by atoms with Gasteiger partial charge in [-0.3, -0.25) is 0 Å². The molecule has 1 aromatic rings. The van der Waals surface area contributed by atoms with Crippen LogP contribution >= 0.6 is 12.2 Å². The number of thiocarbonyl (C=S) groups is 1. The van der Waals surface area contributed by atoms with Crippen LogP contribution in [0, 0.1) is 0 Å².